The molecule has 0 atom stereocenters. The highest BCUT2D eigenvalue weighted by Crippen LogP contribution is 2.26. The van der Waals surface area contributed by atoms with E-state index in [-0.39, 0.29) is 4.90 Å². The van der Waals surface area contributed by atoms with E-state index in [2.05, 4.69) is 10.3 Å². The summed E-state index contributed by atoms with van der Waals surface area (Å²) in [6.45, 7) is 2.51. The summed E-state index contributed by atoms with van der Waals surface area (Å²) < 4.78 is 29.9. The minimum atomic E-state index is -3.68. The van der Waals surface area contributed by atoms with E-state index in [0.29, 0.717) is 17.4 Å². The van der Waals surface area contributed by atoms with Crippen molar-refractivity contribution in [2.24, 2.45) is 0 Å². The maximum Gasteiger partial charge on any atom is 0.241 e. The Morgan fingerprint density at radius 1 is 1.11 bits per heavy atom. The van der Waals surface area contributed by atoms with Gasteiger partial charge in [0.05, 0.1) is 17.2 Å². The number of thiazole rings is 1. The van der Waals surface area contributed by atoms with Crippen LogP contribution in [0, 0.1) is 0 Å². The highest BCUT2D eigenvalue weighted by Gasteiger charge is 2.20. The Bertz CT molecular complexity index is 1010. The first-order valence-corrected chi connectivity index (χ1v) is 10.8. The fraction of sp³-hybridized carbons (Fsp3) is 0.158. The fourth-order valence-corrected chi connectivity index (χ4v) is 4.28. The summed E-state index contributed by atoms with van der Waals surface area (Å²) in [7, 11) is -3.68. The summed E-state index contributed by atoms with van der Waals surface area (Å²) in [6.07, 6.45) is 0. The second kappa shape index (κ2) is 8.32. The Kier molecular flexibility index (Phi) is 5.88. The average molecular weight is 402 g/mol. The van der Waals surface area contributed by atoms with E-state index in [1.807, 2.05) is 31.2 Å². The van der Waals surface area contributed by atoms with Crippen molar-refractivity contribution < 1.29 is 17.9 Å². The zero-order chi connectivity index (χ0) is 19.3. The standard InChI is InChI=1S/C19H18N2O4S2/c1-2-25-15-10-8-14(9-11-15)17-12-26-19(20-17)21-18(22)13-27(23,24)16-6-4-3-5-7-16/h3-12H,2,13H2,1H3,(H,20,21,22). The number of nitrogens with zero attached hydrogens (tertiary/aromatic N) is 1. The number of benzene rings is 2. The number of carbonyl (C=O) groups excluding carboxylic acids is 1. The second-order valence-corrected chi connectivity index (χ2v) is 8.46. The lowest BCUT2D eigenvalue weighted by Gasteiger charge is -2.04. The van der Waals surface area contributed by atoms with Gasteiger partial charge in [0.25, 0.3) is 0 Å². The molecule has 27 heavy (non-hydrogen) atoms. The van der Waals surface area contributed by atoms with Crippen LogP contribution >= 0.6 is 11.3 Å². The lowest BCUT2D eigenvalue weighted by Crippen LogP contribution is -2.22. The lowest BCUT2D eigenvalue weighted by molar-refractivity contribution is -0.113. The van der Waals surface area contributed by atoms with Gasteiger partial charge in [0.15, 0.2) is 15.0 Å². The molecule has 3 aromatic rings. The highest BCUT2D eigenvalue weighted by molar-refractivity contribution is 7.92. The molecule has 3 rings (SSSR count). The van der Waals surface area contributed by atoms with E-state index in [4.69, 9.17) is 4.74 Å². The van der Waals surface area contributed by atoms with Gasteiger partial charge in [-0.25, -0.2) is 13.4 Å². The summed E-state index contributed by atoms with van der Waals surface area (Å²) in [6, 6.07) is 15.4. The molecule has 0 aliphatic heterocycles. The highest BCUT2D eigenvalue weighted by atomic mass is 32.2. The van der Waals surface area contributed by atoms with Gasteiger partial charge in [0.1, 0.15) is 11.5 Å². The first-order chi connectivity index (χ1) is 13.0. The molecule has 0 fully saturated rings. The molecule has 8 heteroatoms. The van der Waals surface area contributed by atoms with Gasteiger partial charge in [-0.3, -0.25) is 4.79 Å². The molecular formula is C19H18N2O4S2. The average Bonchev–Trinajstić information content (AvgIpc) is 3.11. The Balaban J connectivity index is 1.66. The topological polar surface area (TPSA) is 85.4 Å². The zero-order valence-corrected chi connectivity index (χ0v) is 16.2. The van der Waals surface area contributed by atoms with Crippen molar-refractivity contribution in [3.05, 3.63) is 60.0 Å². The van der Waals surface area contributed by atoms with E-state index in [9.17, 15) is 13.2 Å². The van der Waals surface area contributed by atoms with Crippen molar-refractivity contribution in [1.29, 1.82) is 0 Å². The summed E-state index contributed by atoms with van der Waals surface area (Å²) in [5.74, 6) is -0.475. The number of nitrogens with one attached hydrogen (secondary N) is 1. The molecule has 0 saturated heterocycles. The molecule has 0 aliphatic carbocycles. The second-order valence-electron chi connectivity index (χ2n) is 5.62. The number of hydrogen-bond acceptors (Lipinski definition) is 6. The number of amides is 1. The lowest BCUT2D eigenvalue weighted by atomic mass is 10.2. The molecule has 0 radical (unpaired) electrons. The number of anilines is 1. The Hall–Kier alpha value is -2.71. The fourth-order valence-electron chi connectivity index (χ4n) is 2.39. The minimum Gasteiger partial charge on any atom is -0.494 e. The first kappa shape index (κ1) is 19.1. The molecule has 0 bridgehead atoms. The van der Waals surface area contributed by atoms with Gasteiger partial charge >= 0.3 is 0 Å². The zero-order valence-electron chi connectivity index (χ0n) is 14.6. The van der Waals surface area contributed by atoms with Crippen LogP contribution < -0.4 is 10.1 Å². The third-order valence-electron chi connectivity index (χ3n) is 3.64. The maximum atomic E-state index is 12.3. The number of hydrogen-bond donors (Lipinski definition) is 1. The van der Waals surface area contributed by atoms with E-state index in [0.717, 1.165) is 11.3 Å². The van der Waals surface area contributed by atoms with E-state index in [1.165, 1.54) is 23.5 Å². The molecule has 1 heterocycles. The molecule has 1 N–H and O–H groups in total. The maximum absolute atomic E-state index is 12.3. The Morgan fingerprint density at radius 3 is 2.48 bits per heavy atom. The minimum absolute atomic E-state index is 0.120. The van der Waals surface area contributed by atoms with Crippen LogP contribution in [0.5, 0.6) is 5.75 Å². The number of sulfone groups is 1. The number of aromatic nitrogens is 1. The van der Waals surface area contributed by atoms with E-state index in [1.54, 1.807) is 23.6 Å². The molecule has 140 valence electrons. The number of ether oxygens (including phenoxy) is 1. The molecule has 1 aromatic heterocycles. The molecule has 2 aromatic carbocycles. The Labute approximate surface area is 161 Å². The van der Waals surface area contributed by atoms with Gasteiger partial charge in [0, 0.05) is 10.9 Å². The van der Waals surface area contributed by atoms with Crippen molar-refractivity contribution in [2.75, 3.05) is 17.7 Å². The van der Waals surface area contributed by atoms with Crippen molar-refractivity contribution >= 4 is 32.2 Å². The van der Waals surface area contributed by atoms with Crippen LogP contribution in [0.1, 0.15) is 6.92 Å². The van der Waals surface area contributed by atoms with Gasteiger partial charge in [0.2, 0.25) is 5.91 Å². The first-order valence-electron chi connectivity index (χ1n) is 8.24. The van der Waals surface area contributed by atoms with Crippen LogP contribution in [0.4, 0.5) is 5.13 Å². The molecule has 0 spiro atoms. The Morgan fingerprint density at radius 2 is 1.81 bits per heavy atom. The van der Waals surface area contributed by atoms with Crippen LogP contribution in [-0.2, 0) is 14.6 Å². The quantitative estimate of drug-likeness (QED) is 0.652. The number of carbonyl (C=O) groups is 1. The normalized spacial score (nSPS) is 11.1. The smallest absolute Gasteiger partial charge is 0.241 e. The van der Waals surface area contributed by atoms with Gasteiger partial charge < -0.3 is 10.1 Å². The molecule has 1 amide bonds. The molecule has 0 unspecified atom stereocenters. The molecule has 0 aliphatic rings. The van der Waals surface area contributed by atoms with Crippen molar-refractivity contribution in [3.63, 3.8) is 0 Å². The van der Waals surface area contributed by atoms with Crippen molar-refractivity contribution in [3.8, 4) is 17.0 Å². The van der Waals surface area contributed by atoms with Crippen LogP contribution in [0.15, 0.2) is 64.9 Å². The van der Waals surface area contributed by atoms with Gasteiger partial charge in [-0.15, -0.1) is 11.3 Å². The monoisotopic (exact) mass is 402 g/mol. The number of rotatable bonds is 7. The third-order valence-corrected chi connectivity index (χ3v) is 6.03. The largest absolute Gasteiger partial charge is 0.494 e. The van der Waals surface area contributed by atoms with Crippen LogP contribution in [-0.4, -0.2) is 31.7 Å². The summed E-state index contributed by atoms with van der Waals surface area (Å²) in [4.78, 5) is 16.6. The predicted molar refractivity (Wildman–Crippen MR) is 106 cm³/mol. The third kappa shape index (κ3) is 4.93. The van der Waals surface area contributed by atoms with Gasteiger partial charge in [-0.1, -0.05) is 18.2 Å². The molecule has 0 saturated carbocycles. The molecular weight excluding hydrogens is 384 g/mol. The van der Waals surface area contributed by atoms with Crippen LogP contribution in [0.3, 0.4) is 0 Å². The van der Waals surface area contributed by atoms with E-state index < -0.39 is 21.5 Å². The van der Waals surface area contributed by atoms with Crippen LogP contribution in [0.2, 0.25) is 0 Å². The summed E-state index contributed by atoms with van der Waals surface area (Å²) >= 11 is 1.24. The van der Waals surface area contributed by atoms with Gasteiger partial charge in [-0.05, 0) is 43.3 Å². The van der Waals surface area contributed by atoms with Crippen molar-refractivity contribution in [2.45, 2.75) is 11.8 Å². The predicted octanol–water partition coefficient (Wildman–Crippen LogP) is 3.62. The SMILES string of the molecule is CCOc1ccc(-c2csc(NC(=O)CS(=O)(=O)c3ccccc3)n2)cc1. The van der Waals surface area contributed by atoms with Crippen LogP contribution in [0.25, 0.3) is 11.3 Å². The van der Waals surface area contributed by atoms with Gasteiger partial charge in [-0.2, -0.15) is 0 Å². The summed E-state index contributed by atoms with van der Waals surface area (Å²) in [5.41, 5.74) is 1.58. The molecule has 6 nitrogen and oxygen atoms in total. The van der Waals surface area contributed by atoms with E-state index >= 15 is 0 Å². The van der Waals surface area contributed by atoms with Crippen molar-refractivity contribution in [1.82, 2.24) is 4.98 Å². The summed E-state index contributed by atoms with van der Waals surface area (Å²) in [5, 5.41) is 4.71.